The summed E-state index contributed by atoms with van der Waals surface area (Å²) in [5.41, 5.74) is 7.19. The molecule has 0 saturated carbocycles. The lowest BCUT2D eigenvalue weighted by Gasteiger charge is -2.34. The van der Waals surface area contributed by atoms with Gasteiger partial charge in [-0.3, -0.25) is 0 Å². The fourth-order valence-corrected chi connectivity index (χ4v) is 2.74. The number of piperidine rings is 1. The Hall–Kier alpha value is -1.03. The van der Waals surface area contributed by atoms with Crippen LogP contribution in [0.3, 0.4) is 0 Å². The van der Waals surface area contributed by atoms with Gasteiger partial charge in [-0.2, -0.15) is 0 Å². The second-order valence-corrected chi connectivity index (χ2v) is 5.36. The molecule has 0 radical (unpaired) electrons. The number of rotatable bonds is 4. The molecule has 0 aliphatic carbocycles. The van der Waals surface area contributed by atoms with E-state index in [1.165, 1.54) is 18.5 Å². The summed E-state index contributed by atoms with van der Waals surface area (Å²) in [6, 6.07) is 0.323. The van der Waals surface area contributed by atoms with E-state index >= 15 is 0 Å². The summed E-state index contributed by atoms with van der Waals surface area (Å²) in [6.45, 7) is 9.64. The fourth-order valence-electron chi connectivity index (χ4n) is 2.74. The van der Waals surface area contributed by atoms with Crippen LogP contribution in [0.1, 0.15) is 39.3 Å². The smallest absolute Gasteiger partial charge is 0.205 e. The van der Waals surface area contributed by atoms with E-state index in [-0.39, 0.29) is 0 Å². The van der Waals surface area contributed by atoms with Crippen molar-refractivity contribution in [2.24, 2.45) is 11.7 Å². The number of aromatic nitrogens is 2. The fraction of sp³-hybridized carbons (Fsp3) is 0.786. The number of imidazole rings is 1. The minimum absolute atomic E-state index is 0.323. The van der Waals surface area contributed by atoms with Crippen LogP contribution in [0.5, 0.6) is 0 Å². The Morgan fingerprint density at radius 1 is 1.39 bits per heavy atom. The highest BCUT2D eigenvalue weighted by molar-refractivity contribution is 5.34. The Morgan fingerprint density at radius 3 is 2.56 bits per heavy atom. The van der Waals surface area contributed by atoms with Crippen LogP contribution in [0.4, 0.5) is 5.95 Å². The summed E-state index contributed by atoms with van der Waals surface area (Å²) in [6.07, 6.45) is 5.58. The van der Waals surface area contributed by atoms with Gasteiger partial charge in [-0.05, 0) is 39.0 Å². The van der Waals surface area contributed by atoms with Gasteiger partial charge in [-0.25, -0.2) is 4.98 Å². The monoisotopic (exact) mass is 250 g/mol. The van der Waals surface area contributed by atoms with E-state index < -0.39 is 0 Å². The van der Waals surface area contributed by atoms with Crippen LogP contribution in [-0.2, 0) is 13.0 Å². The molecule has 1 atom stereocenters. The van der Waals surface area contributed by atoms with Gasteiger partial charge in [0.1, 0.15) is 0 Å². The van der Waals surface area contributed by atoms with Gasteiger partial charge in [0.15, 0.2) is 0 Å². The number of aryl methyl sites for hydroxylation is 2. The quantitative estimate of drug-likeness (QED) is 0.889. The lowest BCUT2D eigenvalue weighted by atomic mass is 9.91. The van der Waals surface area contributed by atoms with Crippen LogP contribution in [0.25, 0.3) is 0 Å². The minimum Gasteiger partial charge on any atom is -0.342 e. The number of nitrogens with zero attached hydrogens (tertiary/aromatic N) is 3. The van der Waals surface area contributed by atoms with Gasteiger partial charge in [0, 0.05) is 31.9 Å². The normalized spacial score (nSPS) is 19.2. The Kier molecular flexibility index (Phi) is 4.27. The molecule has 4 nitrogen and oxygen atoms in total. The van der Waals surface area contributed by atoms with Crippen LogP contribution in [0.15, 0.2) is 6.20 Å². The van der Waals surface area contributed by atoms with Crippen molar-refractivity contribution >= 4 is 5.95 Å². The zero-order valence-electron chi connectivity index (χ0n) is 11.9. The van der Waals surface area contributed by atoms with E-state index in [0.29, 0.717) is 12.0 Å². The van der Waals surface area contributed by atoms with Crippen molar-refractivity contribution in [1.82, 2.24) is 9.55 Å². The zero-order chi connectivity index (χ0) is 13.1. The third-order valence-corrected chi connectivity index (χ3v) is 4.07. The van der Waals surface area contributed by atoms with Gasteiger partial charge >= 0.3 is 0 Å². The van der Waals surface area contributed by atoms with Crippen LogP contribution >= 0.6 is 0 Å². The Morgan fingerprint density at radius 2 is 2.06 bits per heavy atom. The van der Waals surface area contributed by atoms with Crippen LogP contribution in [-0.4, -0.2) is 28.7 Å². The summed E-state index contributed by atoms with van der Waals surface area (Å²) in [4.78, 5) is 7.17. The van der Waals surface area contributed by atoms with E-state index in [0.717, 1.165) is 32.0 Å². The summed E-state index contributed by atoms with van der Waals surface area (Å²) in [5.74, 6) is 1.83. The molecule has 2 heterocycles. The van der Waals surface area contributed by atoms with Crippen molar-refractivity contribution in [3.63, 3.8) is 0 Å². The largest absolute Gasteiger partial charge is 0.342 e. The maximum absolute atomic E-state index is 5.99. The Labute approximate surface area is 110 Å². The molecule has 102 valence electrons. The first kappa shape index (κ1) is 13.4. The number of hydrogen-bond acceptors (Lipinski definition) is 3. The van der Waals surface area contributed by atoms with E-state index in [2.05, 4.69) is 36.4 Å². The number of hydrogen-bond donors (Lipinski definition) is 1. The van der Waals surface area contributed by atoms with Crippen molar-refractivity contribution < 1.29 is 0 Å². The minimum atomic E-state index is 0.323. The van der Waals surface area contributed by atoms with Crippen LogP contribution in [0, 0.1) is 5.92 Å². The molecular weight excluding hydrogens is 224 g/mol. The lowest BCUT2D eigenvalue weighted by molar-refractivity contribution is 0.351. The molecule has 2 rings (SSSR count). The first-order chi connectivity index (χ1) is 8.65. The van der Waals surface area contributed by atoms with E-state index in [4.69, 9.17) is 10.7 Å². The summed E-state index contributed by atoms with van der Waals surface area (Å²) in [5, 5.41) is 0. The topological polar surface area (TPSA) is 47.1 Å². The molecule has 1 saturated heterocycles. The molecule has 2 N–H and O–H groups in total. The number of anilines is 1. The molecule has 1 aromatic rings. The van der Waals surface area contributed by atoms with Crippen LogP contribution < -0.4 is 10.6 Å². The summed E-state index contributed by atoms with van der Waals surface area (Å²) in [7, 11) is 0. The zero-order valence-corrected chi connectivity index (χ0v) is 11.9. The van der Waals surface area contributed by atoms with Gasteiger partial charge < -0.3 is 15.2 Å². The highest BCUT2D eigenvalue weighted by Gasteiger charge is 2.24. The van der Waals surface area contributed by atoms with Gasteiger partial charge in [-0.15, -0.1) is 0 Å². The van der Waals surface area contributed by atoms with Crippen molar-refractivity contribution in [3.05, 3.63) is 11.9 Å². The average Bonchev–Trinajstić information content (AvgIpc) is 2.82. The molecule has 18 heavy (non-hydrogen) atoms. The van der Waals surface area contributed by atoms with Crippen LogP contribution in [0.2, 0.25) is 0 Å². The van der Waals surface area contributed by atoms with Gasteiger partial charge in [-0.1, -0.05) is 6.92 Å². The van der Waals surface area contributed by atoms with E-state index in [1.54, 1.807) is 0 Å². The third-order valence-electron chi connectivity index (χ3n) is 4.07. The van der Waals surface area contributed by atoms with Crippen molar-refractivity contribution in [3.8, 4) is 0 Å². The molecule has 0 aromatic carbocycles. The van der Waals surface area contributed by atoms with Crippen molar-refractivity contribution in [1.29, 1.82) is 0 Å². The van der Waals surface area contributed by atoms with Gasteiger partial charge in [0.05, 0.1) is 5.69 Å². The first-order valence-corrected chi connectivity index (χ1v) is 7.22. The first-order valence-electron chi connectivity index (χ1n) is 7.22. The second-order valence-electron chi connectivity index (χ2n) is 5.36. The summed E-state index contributed by atoms with van der Waals surface area (Å²) >= 11 is 0. The maximum atomic E-state index is 5.99. The molecule has 1 aliphatic rings. The third kappa shape index (κ3) is 2.69. The predicted octanol–water partition coefficient (Wildman–Crippen LogP) is 2.03. The standard InChI is InChI=1S/C14H26N4/c1-4-13-10-17(5-2)14(16-13)18-8-6-12(7-9-18)11(3)15/h10-12H,4-9,15H2,1-3H3. The molecule has 1 aliphatic heterocycles. The Balaban J connectivity index is 2.06. The average molecular weight is 250 g/mol. The SMILES string of the molecule is CCc1cn(CC)c(N2CCC(C(C)N)CC2)n1. The number of nitrogens with two attached hydrogens (primary N) is 1. The highest BCUT2D eigenvalue weighted by atomic mass is 15.3. The van der Waals surface area contributed by atoms with Gasteiger partial charge in [0.2, 0.25) is 5.95 Å². The lowest BCUT2D eigenvalue weighted by Crippen LogP contribution is -2.40. The van der Waals surface area contributed by atoms with Crippen molar-refractivity contribution in [2.45, 2.75) is 52.6 Å². The van der Waals surface area contributed by atoms with E-state index in [1.807, 2.05) is 0 Å². The van der Waals surface area contributed by atoms with E-state index in [9.17, 15) is 0 Å². The molecule has 1 fully saturated rings. The van der Waals surface area contributed by atoms with Gasteiger partial charge in [0.25, 0.3) is 0 Å². The molecule has 0 spiro atoms. The summed E-state index contributed by atoms with van der Waals surface area (Å²) < 4.78 is 2.27. The molecule has 0 amide bonds. The maximum Gasteiger partial charge on any atom is 0.205 e. The van der Waals surface area contributed by atoms with Crippen molar-refractivity contribution in [2.75, 3.05) is 18.0 Å². The molecular formula is C14H26N4. The highest BCUT2D eigenvalue weighted by Crippen LogP contribution is 2.24. The second kappa shape index (κ2) is 5.74. The predicted molar refractivity (Wildman–Crippen MR) is 75.9 cm³/mol. The molecule has 1 unspecified atom stereocenters. The molecule has 0 bridgehead atoms. The molecule has 1 aromatic heterocycles. The Bertz CT molecular complexity index is 375. The molecule has 4 heteroatoms.